The summed E-state index contributed by atoms with van der Waals surface area (Å²) in [5.74, 6) is -1.29. The number of hydrogen-bond donors (Lipinski definition) is 1. The Bertz CT molecular complexity index is 670. The highest BCUT2D eigenvalue weighted by atomic mass is 32.2. The van der Waals surface area contributed by atoms with Gasteiger partial charge in [-0.05, 0) is 36.0 Å². The number of methoxy groups -OCH3 is 1. The smallest absolute Gasteiger partial charge is 0.339 e. The van der Waals surface area contributed by atoms with Crippen LogP contribution in [0.15, 0.2) is 23.1 Å². The van der Waals surface area contributed by atoms with E-state index in [1.807, 2.05) is 13.8 Å². The van der Waals surface area contributed by atoms with E-state index in [2.05, 4.69) is 9.46 Å². The van der Waals surface area contributed by atoms with E-state index < -0.39 is 26.7 Å². The molecule has 1 aromatic carbocycles. The summed E-state index contributed by atoms with van der Waals surface area (Å²) in [4.78, 5) is 11.2. The van der Waals surface area contributed by atoms with E-state index in [9.17, 15) is 17.6 Å². The van der Waals surface area contributed by atoms with Gasteiger partial charge in [-0.1, -0.05) is 13.8 Å². The van der Waals surface area contributed by atoms with Crippen molar-refractivity contribution < 1.29 is 22.3 Å². The predicted octanol–water partition coefficient (Wildman–Crippen LogP) is 1.94. The summed E-state index contributed by atoms with van der Waals surface area (Å²) in [6, 6.07) is 2.96. The first-order valence-electron chi connectivity index (χ1n) is 6.55. The maximum absolute atomic E-state index is 13.3. The molecule has 2 rings (SSSR count). The number of sulfonamides is 1. The Hall–Kier alpha value is -1.47. The maximum atomic E-state index is 13.3. The van der Waals surface area contributed by atoms with Crippen molar-refractivity contribution in [2.24, 2.45) is 11.3 Å². The largest absolute Gasteiger partial charge is 0.465 e. The fourth-order valence-corrected chi connectivity index (χ4v) is 3.49. The van der Waals surface area contributed by atoms with Crippen molar-refractivity contribution in [3.8, 4) is 0 Å². The molecule has 0 aliphatic heterocycles. The highest BCUT2D eigenvalue weighted by molar-refractivity contribution is 7.89. The molecular weight excluding hydrogens is 297 g/mol. The van der Waals surface area contributed by atoms with Gasteiger partial charge in [0.05, 0.1) is 17.6 Å². The van der Waals surface area contributed by atoms with Crippen LogP contribution in [0.3, 0.4) is 0 Å². The Kier molecular flexibility index (Phi) is 4.08. The first kappa shape index (κ1) is 15.9. The average Bonchev–Trinajstić information content (AvgIpc) is 3.03. The lowest BCUT2D eigenvalue weighted by Crippen LogP contribution is -2.28. The molecule has 1 saturated carbocycles. The van der Waals surface area contributed by atoms with Crippen LogP contribution >= 0.6 is 0 Å². The SMILES string of the molecule is COC(=O)c1ccc(F)cc1S(=O)(=O)NCC1CC1(C)C. The lowest BCUT2D eigenvalue weighted by Gasteiger charge is -2.11. The van der Waals surface area contributed by atoms with Crippen molar-refractivity contribution in [1.82, 2.24) is 4.72 Å². The van der Waals surface area contributed by atoms with Gasteiger partial charge in [-0.3, -0.25) is 0 Å². The lowest BCUT2D eigenvalue weighted by atomic mass is 10.1. The summed E-state index contributed by atoms with van der Waals surface area (Å²) in [5.41, 5.74) is -0.0585. The van der Waals surface area contributed by atoms with Crippen LogP contribution in [0, 0.1) is 17.2 Å². The number of carbonyl (C=O) groups excluding carboxylic acids is 1. The minimum Gasteiger partial charge on any atom is -0.465 e. The molecular formula is C14H18FNO4S. The van der Waals surface area contributed by atoms with Crippen LogP contribution in [-0.4, -0.2) is 28.0 Å². The molecule has 1 aliphatic rings. The third-order valence-corrected chi connectivity index (χ3v) is 5.34. The van der Waals surface area contributed by atoms with Gasteiger partial charge in [0.15, 0.2) is 0 Å². The second-order valence-corrected chi connectivity index (χ2v) is 7.61. The fourth-order valence-electron chi connectivity index (χ4n) is 2.21. The van der Waals surface area contributed by atoms with Gasteiger partial charge < -0.3 is 4.74 Å². The van der Waals surface area contributed by atoms with Gasteiger partial charge in [0, 0.05) is 6.54 Å². The second kappa shape index (κ2) is 5.38. The van der Waals surface area contributed by atoms with E-state index in [0.717, 1.165) is 31.7 Å². The number of nitrogens with one attached hydrogen (secondary N) is 1. The van der Waals surface area contributed by atoms with Crippen molar-refractivity contribution in [3.63, 3.8) is 0 Å². The van der Waals surface area contributed by atoms with E-state index in [4.69, 9.17) is 0 Å². The fraction of sp³-hybridized carbons (Fsp3) is 0.500. The van der Waals surface area contributed by atoms with Crippen LogP contribution in [0.25, 0.3) is 0 Å². The monoisotopic (exact) mass is 315 g/mol. The van der Waals surface area contributed by atoms with Crippen LogP contribution in [-0.2, 0) is 14.8 Å². The van der Waals surface area contributed by atoms with Gasteiger partial charge in [0.2, 0.25) is 10.0 Å². The predicted molar refractivity (Wildman–Crippen MR) is 74.8 cm³/mol. The first-order valence-corrected chi connectivity index (χ1v) is 8.03. The molecule has 0 saturated heterocycles. The topological polar surface area (TPSA) is 72.5 Å². The Labute approximate surface area is 123 Å². The first-order chi connectivity index (χ1) is 9.67. The maximum Gasteiger partial charge on any atom is 0.339 e. The van der Waals surface area contributed by atoms with Crippen LogP contribution in [0.5, 0.6) is 0 Å². The highest BCUT2D eigenvalue weighted by Crippen LogP contribution is 2.51. The lowest BCUT2D eigenvalue weighted by molar-refractivity contribution is 0.0596. The van der Waals surface area contributed by atoms with Gasteiger partial charge in [0.1, 0.15) is 5.82 Å². The van der Waals surface area contributed by atoms with E-state index in [1.54, 1.807) is 0 Å². The standard InChI is InChI=1S/C14H18FNO4S/c1-14(2)7-9(14)8-16-21(18,19)12-6-10(15)4-5-11(12)13(17)20-3/h4-6,9,16H,7-8H2,1-3H3. The molecule has 0 spiro atoms. The molecule has 1 atom stereocenters. The molecule has 0 aromatic heterocycles. The summed E-state index contributed by atoms with van der Waals surface area (Å²) in [7, 11) is -2.82. The summed E-state index contributed by atoms with van der Waals surface area (Å²) < 4.78 is 44.9. The van der Waals surface area contributed by atoms with Crippen LogP contribution in [0.4, 0.5) is 4.39 Å². The number of hydrogen-bond acceptors (Lipinski definition) is 4. The molecule has 1 fully saturated rings. The zero-order chi connectivity index (χ0) is 15.8. The second-order valence-electron chi connectivity index (χ2n) is 5.87. The summed E-state index contributed by atoms with van der Waals surface area (Å²) in [6.07, 6.45) is 0.933. The molecule has 21 heavy (non-hydrogen) atoms. The molecule has 0 radical (unpaired) electrons. The molecule has 1 aliphatic carbocycles. The summed E-state index contributed by atoms with van der Waals surface area (Å²) in [6.45, 7) is 4.37. The molecule has 116 valence electrons. The third-order valence-electron chi connectivity index (χ3n) is 3.88. The van der Waals surface area contributed by atoms with Gasteiger partial charge in [-0.15, -0.1) is 0 Å². The van der Waals surface area contributed by atoms with Gasteiger partial charge in [-0.25, -0.2) is 22.3 Å². The molecule has 5 nitrogen and oxygen atoms in total. The van der Waals surface area contributed by atoms with Gasteiger partial charge in [-0.2, -0.15) is 0 Å². The molecule has 1 N–H and O–H groups in total. The van der Waals surface area contributed by atoms with Crippen LogP contribution in [0.2, 0.25) is 0 Å². The van der Waals surface area contributed by atoms with Crippen molar-refractivity contribution in [2.75, 3.05) is 13.7 Å². The highest BCUT2D eigenvalue weighted by Gasteiger charge is 2.45. The zero-order valence-corrected chi connectivity index (χ0v) is 13.0. The molecule has 0 bridgehead atoms. The zero-order valence-electron chi connectivity index (χ0n) is 12.1. The van der Waals surface area contributed by atoms with E-state index >= 15 is 0 Å². The van der Waals surface area contributed by atoms with Crippen molar-refractivity contribution in [1.29, 1.82) is 0 Å². The summed E-state index contributed by atoms with van der Waals surface area (Å²) in [5, 5.41) is 0. The molecule has 0 heterocycles. The van der Waals surface area contributed by atoms with Crippen molar-refractivity contribution >= 4 is 16.0 Å². The molecule has 0 amide bonds. The number of halogens is 1. The van der Waals surface area contributed by atoms with E-state index in [0.29, 0.717) is 0 Å². The molecule has 1 aromatic rings. The van der Waals surface area contributed by atoms with E-state index in [1.165, 1.54) is 0 Å². The Morgan fingerprint density at radius 2 is 2.10 bits per heavy atom. The van der Waals surface area contributed by atoms with Gasteiger partial charge >= 0.3 is 5.97 Å². The Balaban J connectivity index is 2.26. The number of benzene rings is 1. The molecule has 7 heteroatoms. The van der Waals surface area contributed by atoms with E-state index in [-0.39, 0.29) is 23.4 Å². The number of carbonyl (C=O) groups is 1. The van der Waals surface area contributed by atoms with Crippen molar-refractivity contribution in [2.45, 2.75) is 25.2 Å². The number of ether oxygens (including phenoxy) is 1. The van der Waals surface area contributed by atoms with Crippen LogP contribution in [0.1, 0.15) is 30.6 Å². The molecule has 1 unspecified atom stereocenters. The number of rotatable bonds is 5. The Morgan fingerprint density at radius 3 is 2.62 bits per heavy atom. The van der Waals surface area contributed by atoms with Gasteiger partial charge in [0.25, 0.3) is 0 Å². The third kappa shape index (κ3) is 3.41. The van der Waals surface area contributed by atoms with Crippen LogP contribution < -0.4 is 4.72 Å². The minimum atomic E-state index is -3.96. The normalized spacial score (nSPS) is 20.1. The Morgan fingerprint density at radius 1 is 1.48 bits per heavy atom. The quantitative estimate of drug-likeness (QED) is 0.843. The number of esters is 1. The minimum absolute atomic E-state index is 0.121. The summed E-state index contributed by atoms with van der Waals surface area (Å²) >= 11 is 0. The average molecular weight is 315 g/mol. The van der Waals surface area contributed by atoms with Crippen molar-refractivity contribution in [3.05, 3.63) is 29.6 Å².